The Morgan fingerprint density at radius 2 is 1.73 bits per heavy atom. The molecular weight excluding hydrogens is 501 g/mol. The minimum Gasteiger partial charge on any atom is -0.497 e. The van der Waals surface area contributed by atoms with Crippen molar-refractivity contribution < 1.29 is 31.9 Å². The molecule has 202 valence electrons. The van der Waals surface area contributed by atoms with E-state index in [0.29, 0.717) is 11.3 Å². The zero-order chi connectivity index (χ0) is 27.2. The average molecular weight is 536 g/mol. The maximum atomic E-state index is 13.7. The van der Waals surface area contributed by atoms with Crippen LogP contribution in [0.1, 0.15) is 38.2 Å². The summed E-state index contributed by atoms with van der Waals surface area (Å²) in [4.78, 5) is 28.1. The molecule has 0 saturated heterocycles. The second-order valence-corrected chi connectivity index (χ2v) is 11.0. The van der Waals surface area contributed by atoms with Gasteiger partial charge in [-0.05, 0) is 49.6 Å². The Hall–Kier alpha value is -3.34. The zero-order valence-corrected chi connectivity index (χ0v) is 22.4. The standard InChI is InChI=1S/C26H34FN3O6S/c1-18(26(32)28-21-7-5-6-8-21)29(16-19-9-11-20(27)12-10-19)25(31)17-30(37(4,33)34)23-15-22(35-2)13-14-24(23)36-3/h9-15,18,21H,5-8,16-17H2,1-4H3,(H,28,32)/t18-/m0/s1. The van der Waals surface area contributed by atoms with Crippen molar-refractivity contribution in [1.82, 2.24) is 10.2 Å². The molecule has 1 aliphatic carbocycles. The summed E-state index contributed by atoms with van der Waals surface area (Å²) < 4.78 is 50.6. The lowest BCUT2D eigenvalue weighted by Gasteiger charge is -2.32. The molecule has 0 heterocycles. The first-order valence-electron chi connectivity index (χ1n) is 12.1. The van der Waals surface area contributed by atoms with Crippen LogP contribution in [-0.4, -0.2) is 64.2 Å². The molecule has 0 radical (unpaired) electrons. The van der Waals surface area contributed by atoms with Crippen molar-refractivity contribution in [3.8, 4) is 11.5 Å². The lowest BCUT2D eigenvalue weighted by molar-refractivity contribution is -0.139. The molecule has 0 bridgehead atoms. The molecule has 2 aromatic rings. The van der Waals surface area contributed by atoms with E-state index in [1.807, 2.05) is 0 Å². The predicted octanol–water partition coefficient (Wildman–Crippen LogP) is 3.09. The third kappa shape index (κ3) is 7.34. The van der Waals surface area contributed by atoms with E-state index in [2.05, 4.69) is 5.32 Å². The number of benzene rings is 2. The molecule has 1 N–H and O–H groups in total. The summed E-state index contributed by atoms with van der Waals surface area (Å²) in [5.74, 6) is -0.747. The molecule has 1 atom stereocenters. The van der Waals surface area contributed by atoms with Crippen LogP contribution in [0.5, 0.6) is 11.5 Å². The number of methoxy groups -OCH3 is 2. The monoisotopic (exact) mass is 535 g/mol. The molecule has 0 aromatic heterocycles. The Kier molecular flexibility index (Phi) is 9.36. The number of nitrogens with one attached hydrogen (secondary N) is 1. The fraction of sp³-hybridized carbons (Fsp3) is 0.462. The highest BCUT2D eigenvalue weighted by molar-refractivity contribution is 7.92. The van der Waals surface area contributed by atoms with Gasteiger partial charge in [0.25, 0.3) is 0 Å². The summed E-state index contributed by atoms with van der Waals surface area (Å²) in [7, 11) is -1.11. The summed E-state index contributed by atoms with van der Waals surface area (Å²) in [5, 5.41) is 3.00. The minimum atomic E-state index is -3.95. The molecule has 37 heavy (non-hydrogen) atoms. The topological polar surface area (TPSA) is 105 Å². The number of sulfonamides is 1. The second kappa shape index (κ2) is 12.3. The number of halogens is 1. The Labute approximate surface area is 217 Å². The van der Waals surface area contributed by atoms with E-state index in [4.69, 9.17) is 9.47 Å². The smallest absolute Gasteiger partial charge is 0.244 e. The molecule has 11 heteroatoms. The van der Waals surface area contributed by atoms with Crippen LogP contribution in [0.4, 0.5) is 10.1 Å². The van der Waals surface area contributed by atoms with Crippen molar-refractivity contribution in [3.63, 3.8) is 0 Å². The number of rotatable bonds is 11. The van der Waals surface area contributed by atoms with Gasteiger partial charge in [-0.2, -0.15) is 0 Å². The maximum absolute atomic E-state index is 13.7. The Balaban J connectivity index is 1.93. The number of carbonyl (C=O) groups excluding carboxylic acids is 2. The van der Waals surface area contributed by atoms with Gasteiger partial charge < -0.3 is 19.7 Å². The largest absolute Gasteiger partial charge is 0.497 e. The van der Waals surface area contributed by atoms with Crippen molar-refractivity contribution in [2.75, 3.05) is 31.3 Å². The highest BCUT2D eigenvalue weighted by atomic mass is 32.2. The highest BCUT2D eigenvalue weighted by Gasteiger charge is 2.32. The van der Waals surface area contributed by atoms with E-state index in [-0.39, 0.29) is 29.9 Å². The average Bonchev–Trinajstić information content (AvgIpc) is 3.38. The third-order valence-corrected chi connectivity index (χ3v) is 7.60. The summed E-state index contributed by atoms with van der Waals surface area (Å²) >= 11 is 0. The van der Waals surface area contributed by atoms with Gasteiger partial charge in [-0.1, -0.05) is 25.0 Å². The lowest BCUT2D eigenvalue weighted by Crippen LogP contribution is -2.52. The first kappa shape index (κ1) is 28.2. The first-order chi connectivity index (χ1) is 17.5. The van der Waals surface area contributed by atoms with Crippen LogP contribution in [-0.2, 0) is 26.2 Å². The number of hydrogen-bond acceptors (Lipinski definition) is 6. The highest BCUT2D eigenvalue weighted by Crippen LogP contribution is 2.34. The molecule has 0 unspecified atom stereocenters. The van der Waals surface area contributed by atoms with E-state index < -0.39 is 34.3 Å². The van der Waals surface area contributed by atoms with Crippen molar-refractivity contribution >= 4 is 27.5 Å². The quantitative estimate of drug-likeness (QED) is 0.474. The Bertz CT molecular complexity index is 1200. The van der Waals surface area contributed by atoms with Crippen molar-refractivity contribution in [1.29, 1.82) is 0 Å². The van der Waals surface area contributed by atoms with Crippen LogP contribution >= 0.6 is 0 Å². The molecular formula is C26H34FN3O6S. The summed E-state index contributed by atoms with van der Waals surface area (Å²) in [5.41, 5.74) is 0.725. The molecule has 1 aliphatic rings. The van der Waals surface area contributed by atoms with E-state index >= 15 is 0 Å². The molecule has 2 amide bonds. The normalized spacial score (nSPS) is 14.6. The molecule has 0 spiro atoms. The van der Waals surface area contributed by atoms with Crippen molar-refractivity contribution in [2.45, 2.75) is 51.2 Å². The molecule has 9 nitrogen and oxygen atoms in total. The van der Waals surface area contributed by atoms with E-state index in [1.165, 1.54) is 49.5 Å². The number of ether oxygens (including phenoxy) is 2. The zero-order valence-electron chi connectivity index (χ0n) is 21.6. The molecule has 0 aliphatic heterocycles. The Morgan fingerprint density at radius 3 is 2.30 bits per heavy atom. The SMILES string of the molecule is COc1ccc(OC)c(N(CC(=O)N(Cc2ccc(F)cc2)[C@@H](C)C(=O)NC2CCCC2)S(C)(=O)=O)c1. The van der Waals surface area contributed by atoms with Gasteiger partial charge in [-0.25, -0.2) is 12.8 Å². The van der Waals surface area contributed by atoms with Crippen LogP contribution < -0.4 is 19.1 Å². The lowest BCUT2D eigenvalue weighted by atomic mass is 10.1. The van der Waals surface area contributed by atoms with Gasteiger partial charge in [0, 0.05) is 18.7 Å². The second-order valence-electron chi connectivity index (χ2n) is 9.12. The summed E-state index contributed by atoms with van der Waals surface area (Å²) in [6.07, 6.45) is 4.80. The van der Waals surface area contributed by atoms with Crippen molar-refractivity contribution in [2.24, 2.45) is 0 Å². The number of amides is 2. The van der Waals surface area contributed by atoms with E-state index in [9.17, 15) is 22.4 Å². The third-order valence-electron chi connectivity index (χ3n) is 6.47. The molecule has 1 saturated carbocycles. The predicted molar refractivity (Wildman–Crippen MR) is 139 cm³/mol. The maximum Gasteiger partial charge on any atom is 0.244 e. The first-order valence-corrected chi connectivity index (χ1v) is 13.9. The van der Waals surface area contributed by atoms with Gasteiger partial charge >= 0.3 is 0 Å². The van der Waals surface area contributed by atoms with Gasteiger partial charge in [0.1, 0.15) is 29.9 Å². The number of carbonyl (C=O) groups is 2. The van der Waals surface area contributed by atoms with Crippen LogP contribution in [0.25, 0.3) is 0 Å². The van der Waals surface area contributed by atoms with Gasteiger partial charge in [0.15, 0.2) is 0 Å². The van der Waals surface area contributed by atoms with E-state index in [1.54, 1.807) is 19.1 Å². The summed E-state index contributed by atoms with van der Waals surface area (Å²) in [6.45, 7) is 1.01. The fourth-order valence-electron chi connectivity index (χ4n) is 4.35. The van der Waals surface area contributed by atoms with E-state index in [0.717, 1.165) is 36.2 Å². The Morgan fingerprint density at radius 1 is 1.08 bits per heavy atom. The van der Waals surface area contributed by atoms with Crippen molar-refractivity contribution in [3.05, 3.63) is 53.8 Å². The van der Waals surface area contributed by atoms with Gasteiger partial charge in [-0.3, -0.25) is 13.9 Å². The van der Waals surface area contributed by atoms with Crippen LogP contribution in [0.15, 0.2) is 42.5 Å². The molecule has 1 fully saturated rings. The van der Waals surface area contributed by atoms with Gasteiger partial charge in [0.2, 0.25) is 21.8 Å². The number of nitrogens with zero attached hydrogens (tertiary/aromatic N) is 2. The van der Waals surface area contributed by atoms with Gasteiger partial charge in [-0.15, -0.1) is 0 Å². The minimum absolute atomic E-state index is 0.00872. The summed E-state index contributed by atoms with van der Waals surface area (Å²) in [6, 6.07) is 9.36. The van der Waals surface area contributed by atoms with Crippen LogP contribution in [0.2, 0.25) is 0 Å². The van der Waals surface area contributed by atoms with Crippen LogP contribution in [0.3, 0.4) is 0 Å². The molecule has 3 rings (SSSR count). The van der Waals surface area contributed by atoms with Gasteiger partial charge in [0.05, 0.1) is 26.2 Å². The fourth-order valence-corrected chi connectivity index (χ4v) is 5.19. The molecule has 2 aromatic carbocycles. The van der Waals surface area contributed by atoms with Crippen LogP contribution in [0, 0.1) is 5.82 Å². The number of hydrogen-bond donors (Lipinski definition) is 1. The number of anilines is 1.